The Bertz CT molecular complexity index is 358. The fourth-order valence-electron chi connectivity index (χ4n) is 1.33. The van der Waals surface area contributed by atoms with Crippen molar-refractivity contribution in [3.8, 4) is 0 Å². The third-order valence-electron chi connectivity index (χ3n) is 2.05. The first-order chi connectivity index (χ1) is 8.47. The molecule has 1 unspecified atom stereocenters. The number of alkyl halides is 2. The number of nitrogens with one attached hydrogen (secondary N) is 3. The minimum atomic E-state index is -1.22. The van der Waals surface area contributed by atoms with Gasteiger partial charge in [0.1, 0.15) is 0 Å². The Morgan fingerprint density at radius 3 is 2.50 bits per heavy atom. The maximum atomic E-state index is 11.4. The molecule has 3 N–H and O–H groups in total. The zero-order valence-electron chi connectivity index (χ0n) is 9.70. The molecule has 0 bridgehead atoms. The molecule has 102 valence electrons. The smallest absolute Gasteiger partial charge is 0.256 e. The fourth-order valence-corrected chi connectivity index (χ4v) is 1.46. The van der Waals surface area contributed by atoms with Gasteiger partial charge in [0.2, 0.25) is 5.91 Å². The van der Waals surface area contributed by atoms with Gasteiger partial charge >= 0.3 is 0 Å². The fraction of sp³-hybridized carbons (Fsp3) is 0.556. The molecule has 0 aliphatic carbocycles. The monoisotopic (exact) mass is 297 g/mol. The van der Waals surface area contributed by atoms with Crippen LogP contribution in [0.15, 0.2) is 11.8 Å². The Morgan fingerprint density at radius 2 is 2.00 bits per heavy atom. The van der Waals surface area contributed by atoms with Crippen LogP contribution in [0, 0.1) is 0 Å². The van der Waals surface area contributed by atoms with E-state index >= 15 is 0 Å². The van der Waals surface area contributed by atoms with E-state index in [2.05, 4.69) is 16.0 Å². The molecule has 1 aliphatic rings. The maximum absolute atomic E-state index is 11.4. The van der Waals surface area contributed by atoms with Crippen molar-refractivity contribution >= 4 is 35.0 Å². The lowest BCUT2D eigenvalue weighted by atomic mass is 10.3. The standard InChI is InChI=1S/C9H13Cl2N3O4/c1-17-8(18-2)4-3-5(15)13-9(12-4)14-7(16)6(10)11/h3,6,8-9,12H,1-2H3,(H,13,15)(H,14,16). The van der Waals surface area contributed by atoms with Crippen molar-refractivity contribution in [1.82, 2.24) is 16.0 Å². The zero-order valence-corrected chi connectivity index (χ0v) is 11.2. The van der Waals surface area contributed by atoms with Crippen molar-refractivity contribution in [2.45, 2.75) is 17.4 Å². The van der Waals surface area contributed by atoms with Gasteiger partial charge in [0.15, 0.2) is 17.4 Å². The van der Waals surface area contributed by atoms with Gasteiger partial charge < -0.3 is 25.4 Å². The summed E-state index contributed by atoms with van der Waals surface area (Å²) in [7, 11) is 2.84. The summed E-state index contributed by atoms with van der Waals surface area (Å²) < 4.78 is 9.98. The highest BCUT2D eigenvalue weighted by molar-refractivity contribution is 6.53. The van der Waals surface area contributed by atoms with Crippen LogP contribution in [-0.2, 0) is 19.1 Å². The van der Waals surface area contributed by atoms with E-state index in [1.807, 2.05) is 0 Å². The summed E-state index contributed by atoms with van der Waals surface area (Å²) in [6.45, 7) is 0. The highest BCUT2D eigenvalue weighted by Gasteiger charge is 2.26. The van der Waals surface area contributed by atoms with Crippen LogP contribution >= 0.6 is 23.2 Å². The molecule has 7 nitrogen and oxygen atoms in total. The maximum Gasteiger partial charge on any atom is 0.256 e. The summed E-state index contributed by atoms with van der Waals surface area (Å²) >= 11 is 10.8. The number of halogens is 2. The molecule has 0 saturated heterocycles. The van der Waals surface area contributed by atoms with Crippen molar-refractivity contribution in [3.05, 3.63) is 11.8 Å². The highest BCUT2D eigenvalue weighted by atomic mass is 35.5. The lowest BCUT2D eigenvalue weighted by molar-refractivity contribution is -0.123. The Balaban J connectivity index is 2.69. The first-order valence-electron chi connectivity index (χ1n) is 4.90. The second kappa shape index (κ2) is 6.79. The van der Waals surface area contributed by atoms with E-state index in [0.29, 0.717) is 5.70 Å². The topological polar surface area (TPSA) is 88.7 Å². The van der Waals surface area contributed by atoms with E-state index in [1.54, 1.807) is 0 Å². The van der Waals surface area contributed by atoms with E-state index in [9.17, 15) is 9.59 Å². The molecule has 0 fully saturated rings. The molecule has 1 atom stereocenters. The van der Waals surface area contributed by atoms with Crippen LogP contribution in [0.3, 0.4) is 0 Å². The van der Waals surface area contributed by atoms with Crippen LogP contribution in [0.1, 0.15) is 0 Å². The molecular weight excluding hydrogens is 285 g/mol. The van der Waals surface area contributed by atoms with Gasteiger partial charge in [-0.05, 0) is 0 Å². The van der Waals surface area contributed by atoms with Crippen molar-refractivity contribution < 1.29 is 19.1 Å². The Labute approximate surface area is 114 Å². The minimum absolute atomic E-state index is 0.370. The van der Waals surface area contributed by atoms with Crippen LogP contribution in [-0.4, -0.2) is 43.4 Å². The molecule has 9 heteroatoms. The van der Waals surface area contributed by atoms with Crippen LogP contribution in [0.25, 0.3) is 0 Å². The Kier molecular flexibility index (Phi) is 5.67. The molecule has 0 aromatic heterocycles. The number of hydrogen-bond donors (Lipinski definition) is 3. The summed E-state index contributed by atoms with van der Waals surface area (Å²) in [6.07, 6.45) is -0.310. The molecule has 2 amide bonds. The number of rotatable bonds is 5. The van der Waals surface area contributed by atoms with Gasteiger partial charge in [-0.3, -0.25) is 9.59 Å². The summed E-state index contributed by atoms with van der Waals surface area (Å²) in [6, 6.07) is 0. The lowest BCUT2D eigenvalue weighted by Crippen LogP contribution is -2.60. The van der Waals surface area contributed by atoms with Gasteiger partial charge in [-0.15, -0.1) is 0 Å². The molecule has 0 radical (unpaired) electrons. The Hall–Kier alpha value is -1.02. The van der Waals surface area contributed by atoms with Gasteiger partial charge in [-0.2, -0.15) is 0 Å². The molecule has 1 heterocycles. The lowest BCUT2D eigenvalue weighted by Gasteiger charge is -2.29. The quantitative estimate of drug-likeness (QED) is 0.466. The van der Waals surface area contributed by atoms with Gasteiger partial charge in [-0.1, -0.05) is 23.2 Å². The van der Waals surface area contributed by atoms with Gasteiger partial charge in [-0.25, -0.2) is 0 Å². The zero-order chi connectivity index (χ0) is 13.7. The number of methoxy groups -OCH3 is 2. The minimum Gasteiger partial charge on any atom is -0.351 e. The van der Waals surface area contributed by atoms with Crippen LogP contribution in [0.5, 0.6) is 0 Å². The van der Waals surface area contributed by atoms with Gasteiger partial charge in [0.25, 0.3) is 5.91 Å². The number of ether oxygens (including phenoxy) is 2. The summed E-state index contributed by atoms with van der Waals surface area (Å²) in [5, 5.41) is 7.63. The summed E-state index contributed by atoms with van der Waals surface area (Å²) in [5.74, 6) is -1.04. The van der Waals surface area contributed by atoms with Crippen molar-refractivity contribution in [2.24, 2.45) is 0 Å². The summed E-state index contributed by atoms with van der Waals surface area (Å²) in [4.78, 5) is 21.5. The van der Waals surface area contributed by atoms with E-state index in [1.165, 1.54) is 20.3 Å². The first kappa shape index (κ1) is 15.0. The predicted molar refractivity (Wildman–Crippen MR) is 64.6 cm³/mol. The predicted octanol–water partition coefficient (Wildman–Crippen LogP) is -0.588. The van der Waals surface area contributed by atoms with Crippen LogP contribution in [0.4, 0.5) is 0 Å². The number of hydrogen-bond acceptors (Lipinski definition) is 5. The van der Waals surface area contributed by atoms with Crippen molar-refractivity contribution in [2.75, 3.05) is 14.2 Å². The van der Waals surface area contributed by atoms with Crippen molar-refractivity contribution in [1.29, 1.82) is 0 Å². The molecule has 1 aliphatic heterocycles. The van der Waals surface area contributed by atoms with Gasteiger partial charge in [0.05, 0.1) is 5.70 Å². The third kappa shape index (κ3) is 4.02. The second-order valence-corrected chi connectivity index (χ2v) is 4.39. The first-order valence-corrected chi connectivity index (χ1v) is 5.78. The van der Waals surface area contributed by atoms with E-state index < -0.39 is 29.2 Å². The number of carbonyl (C=O) groups excluding carboxylic acids is 2. The number of carbonyl (C=O) groups is 2. The second-order valence-electron chi connectivity index (χ2n) is 3.30. The molecular formula is C9H13Cl2N3O4. The molecule has 0 saturated carbocycles. The summed E-state index contributed by atoms with van der Waals surface area (Å²) in [5.41, 5.74) is 0.370. The molecule has 1 rings (SSSR count). The normalized spacial score (nSPS) is 19.3. The molecule has 0 spiro atoms. The van der Waals surface area contributed by atoms with E-state index in [4.69, 9.17) is 32.7 Å². The highest BCUT2D eigenvalue weighted by Crippen LogP contribution is 2.08. The average molecular weight is 298 g/mol. The van der Waals surface area contributed by atoms with E-state index in [-0.39, 0.29) is 0 Å². The molecule has 0 aromatic rings. The van der Waals surface area contributed by atoms with Crippen LogP contribution < -0.4 is 16.0 Å². The van der Waals surface area contributed by atoms with Gasteiger partial charge in [0, 0.05) is 20.3 Å². The number of amides is 2. The van der Waals surface area contributed by atoms with Crippen LogP contribution in [0.2, 0.25) is 0 Å². The molecule has 0 aromatic carbocycles. The SMILES string of the molecule is COC(OC)C1=CC(=O)NC(NC(=O)C(Cl)Cl)N1. The largest absolute Gasteiger partial charge is 0.351 e. The Morgan fingerprint density at radius 1 is 1.39 bits per heavy atom. The van der Waals surface area contributed by atoms with Crippen molar-refractivity contribution in [3.63, 3.8) is 0 Å². The average Bonchev–Trinajstić information content (AvgIpc) is 2.29. The van der Waals surface area contributed by atoms with E-state index in [0.717, 1.165) is 0 Å². The molecule has 18 heavy (non-hydrogen) atoms. The third-order valence-corrected chi connectivity index (χ3v) is 2.45.